The number of anilines is 1. The Morgan fingerprint density at radius 3 is 2.33 bits per heavy atom. The first-order chi connectivity index (χ1) is 11.8. The van der Waals surface area contributed by atoms with E-state index in [1.165, 1.54) is 16.5 Å². The summed E-state index contributed by atoms with van der Waals surface area (Å²) in [7, 11) is 0. The lowest BCUT2D eigenvalue weighted by atomic mass is 10.0. The molecule has 1 aliphatic rings. The Hall–Kier alpha value is -2.65. The lowest BCUT2D eigenvalue weighted by molar-refractivity contribution is 0.346. The van der Waals surface area contributed by atoms with Gasteiger partial charge in [-0.2, -0.15) is 0 Å². The monoisotopic (exact) mass is 317 g/mol. The molecule has 0 aromatic heterocycles. The molecule has 1 heterocycles. The largest absolute Gasteiger partial charge is 0.315 e. The molecular formula is C21H23N3. The molecule has 2 aromatic rings. The van der Waals surface area contributed by atoms with E-state index in [1.54, 1.807) is 0 Å². The molecule has 0 spiro atoms. The van der Waals surface area contributed by atoms with E-state index in [-0.39, 0.29) is 0 Å². The first-order valence-electron chi connectivity index (χ1n) is 8.20. The number of hydrogen-bond acceptors (Lipinski definition) is 3. The molecule has 0 N–H and O–H groups in total. The van der Waals surface area contributed by atoms with Crippen molar-refractivity contribution in [3.05, 3.63) is 74.4 Å². The minimum absolute atomic E-state index is 0.737. The topological polar surface area (TPSA) is 18.8 Å². The van der Waals surface area contributed by atoms with Crippen molar-refractivity contribution < 1.29 is 0 Å². The van der Waals surface area contributed by atoms with Crippen molar-refractivity contribution in [3.8, 4) is 0 Å². The van der Waals surface area contributed by atoms with Crippen molar-refractivity contribution in [2.75, 3.05) is 24.7 Å². The second kappa shape index (κ2) is 7.28. The fourth-order valence-corrected chi connectivity index (χ4v) is 3.16. The van der Waals surface area contributed by atoms with Crippen molar-refractivity contribution in [2.24, 2.45) is 4.99 Å². The van der Waals surface area contributed by atoms with E-state index >= 15 is 0 Å². The highest BCUT2D eigenvalue weighted by Crippen LogP contribution is 2.39. The predicted molar refractivity (Wildman–Crippen MR) is 105 cm³/mol. The molecule has 0 saturated carbocycles. The molecule has 1 aliphatic heterocycles. The van der Waals surface area contributed by atoms with E-state index in [4.69, 9.17) is 4.99 Å². The van der Waals surface area contributed by atoms with Crippen LogP contribution in [0.4, 0.5) is 11.4 Å². The molecule has 0 saturated heterocycles. The molecule has 122 valence electrons. The number of amidine groups is 1. The summed E-state index contributed by atoms with van der Waals surface area (Å²) < 4.78 is 0. The van der Waals surface area contributed by atoms with Crippen LogP contribution in [0.15, 0.2) is 79.4 Å². The summed E-state index contributed by atoms with van der Waals surface area (Å²) >= 11 is 0. The van der Waals surface area contributed by atoms with Gasteiger partial charge in [0.1, 0.15) is 5.84 Å². The van der Waals surface area contributed by atoms with Crippen LogP contribution in [0, 0.1) is 0 Å². The highest BCUT2D eigenvalue weighted by atomic mass is 15.3. The van der Waals surface area contributed by atoms with Crippen LogP contribution in [-0.4, -0.2) is 30.5 Å². The molecule has 0 unspecified atom stereocenters. The van der Waals surface area contributed by atoms with Gasteiger partial charge in [-0.1, -0.05) is 42.5 Å². The van der Waals surface area contributed by atoms with Gasteiger partial charge in [-0.15, -0.1) is 19.7 Å². The average molecular weight is 317 g/mol. The Labute approximate surface area is 143 Å². The third kappa shape index (κ3) is 3.03. The first-order valence-corrected chi connectivity index (χ1v) is 8.20. The van der Waals surface area contributed by atoms with E-state index in [1.807, 2.05) is 18.2 Å². The number of hydrogen-bond donors (Lipinski definition) is 0. The Balaban J connectivity index is 2.07. The van der Waals surface area contributed by atoms with Crippen LogP contribution in [0.5, 0.6) is 0 Å². The highest BCUT2D eigenvalue weighted by molar-refractivity contribution is 6.14. The molecule has 24 heavy (non-hydrogen) atoms. The fourth-order valence-electron chi connectivity index (χ4n) is 3.16. The maximum atomic E-state index is 4.90. The molecule has 2 aromatic carbocycles. The van der Waals surface area contributed by atoms with E-state index in [0.717, 1.165) is 37.7 Å². The minimum atomic E-state index is 0.737. The number of benzene rings is 2. The van der Waals surface area contributed by atoms with E-state index in [9.17, 15) is 0 Å². The number of rotatable bonds is 8. The maximum Gasteiger partial charge on any atom is 0.114 e. The zero-order chi connectivity index (χ0) is 16.9. The quantitative estimate of drug-likeness (QED) is 0.645. The van der Waals surface area contributed by atoms with Gasteiger partial charge in [0.2, 0.25) is 0 Å². The Kier molecular flexibility index (Phi) is 4.92. The lowest BCUT2D eigenvalue weighted by Crippen LogP contribution is -2.42. The van der Waals surface area contributed by atoms with Crippen molar-refractivity contribution in [1.82, 2.24) is 4.90 Å². The van der Waals surface area contributed by atoms with Gasteiger partial charge < -0.3 is 4.90 Å². The molecule has 0 radical (unpaired) electrons. The summed E-state index contributed by atoms with van der Waals surface area (Å²) in [6, 6.07) is 12.7. The standard InChI is InChI=1S/C21H23N3/c1-4-9-20-22-18-12-7-10-17-11-8-13-19(21(17)18)24(20)16-23(14-5-2)15-6-3/h4-8,10-13H,1-3,9,14-16H2. The molecule has 0 atom stereocenters. The number of aliphatic imine (C=N–C) groups is 1. The summed E-state index contributed by atoms with van der Waals surface area (Å²) in [5.41, 5.74) is 2.24. The van der Waals surface area contributed by atoms with Crippen molar-refractivity contribution >= 4 is 28.0 Å². The molecular weight excluding hydrogens is 294 g/mol. The maximum absolute atomic E-state index is 4.90. The molecule has 0 fully saturated rings. The van der Waals surface area contributed by atoms with Gasteiger partial charge in [-0.25, -0.2) is 4.99 Å². The fraction of sp³-hybridized carbons (Fsp3) is 0.190. The van der Waals surface area contributed by atoms with Gasteiger partial charge in [0.15, 0.2) is 0 Å². The predicted octanol–water partition coefficient (Wildman–Crippen LogP) is 4.90. The molecule has 0 bridgehead atoms. The van der Waals surface area contributed by atoms with Crippen LogP contribution in [0.3, 0.4) is 0 Å². The van der Waals surface area contributed by atoms with Crippen LogP contribution in [0.2, 0.25) is 0 Å². The average Bonchev–Trinajstić information content (AvgIpc) is 2.59. The smallest absolute Gasteiger partial charge is 0.114 e. The number of nitrogens with zero attached hydrogens (tertiary/aromatic N) is 3. The van der Waals surface area contributed by atoms with Gasteiger partial charge >= 0.3 is 0 Å². The molecule has 0 aliphatic carbocycles. The zero-order valence-corrected chi connectivity index (χ0v) is 14.0. The van der Waals surface area contributed by atoms with Gasteiger partial charge in [-0.05, 0) is 17.5 Å². The van der Waals surface area contributed by atoms with Crippen LogP contribution < -0.4 is 4.90 Å². The summed E-state index contributed by atoms with van der Waals surface area (Å²) in [5.74, 6) is 1.02. The summed E-state index contributed by atoms with van der Waals surface area (Å²) in [6.45, 7) is 14.0. The molecule has 3 nitrogen and oxygen atoms in total. The third-order valence-electron chi connectivity index (χ3n) is 4.16. The van der Waals surface area contributed by atoms with E-state index < -0.39 is 0 Å². The van der Waals surface area contributed by atoms with Crippen LogP contribution in [-0.2, 0) is 0 Å². The summed E-state index contributed by atoms with van der Waals surface area (Å²) in [4.78, 5) is 9.47. The Bertz CT molecular complexity index is 789. The Morgan fingerprint density at radius 1 is 0.958 bits per heavy atom. The van der Waals surface area contributed by atoms with E-state index in [2.05, 4.69) is 65.9 Å². The van der Waals surface area contributed by atoms with Crippen LogP contribution >= 0.6 is 0 Å². The van der Waals surface area contributed by atoms with Gasteiger partial charge in [-0.3, -0.25) is 4.90 Å². The van der Waals surface area contributed by atoms with Crippen molar-refractivity contribution in [2.45, 2.75) is 6.42 Å². The Morgan fingerprint density at radius 2 is 1.67 bits per heavy atom. The normalized spacial score (nSPS) is 13.0. The van der Waals surface area contributed by atoms with Gasteiger partial charge in [0, 0.05) is 24.9 Å². The third-order valence-corrected chi connectivity index (χ3v) is 4.16. The van der Waals surface area contributed by atoms with E-state index in [0.29, 0.717) is 0 Å². The lowest BCUT2D eigenvalue weighted by Gasteiger charge is -2.34. The highest BCUT2D eigenvalue weighted by Gasteiger charge is 2.23. The summed E-state index contributed by atoms with van der Waals surface area (Å²) in [5, 5.41) is 2.43. The van der Waals surface area contributed by atoms with Crippen molar-refractivity contribution in [3.63, 3.8) is 0 Å². The van der Waals surface area contributed by atoms with Gasteiger partial charge in [0.05, 0.1) is 18.0 Å². The molecule has 3 heteroatoms. The van der Waals surface area contributed by atoms with Gasteiger partial charge in [0.25, 0.3) is 0 Å². The SMILES string of the molecule is C=CCC1=Nc2cccc3cccc(c23)N1CN(CC=C)CC=C. The molecule has 3 rings (SSSR count). The second-order valence-electron chi connectivity index (χ2n) is 5.86. The summed E-state index contributed by atoms with van der Waals surface area (Å²) in [6.07, 6.45) is 6.49. The second-order valence-corrected chi connectivity index (χ2v) is 5.86. The van der Waals surface area contributed by atoms with Crippen LogP contribution in [0.25, 0.3) is 10.8 Å². The van der Waals surface area contributed by atoms with Crippen LogP contribution in [0.1, 0.15) is 6.42 Å². The minimum Gasteiger partial charge on any atom is -0.315 e. The first kappa shape index (κ1) is 16.2. The molecule has 0 amide bonds. The zero-order valence-electron chi connectivity index (χ0n) is 14.0. The van der Waals surface area contributed by atoms with Crippen molar-refractivity contribution in [1.29, 1.82) is 0 Å².